The number of benzene rings is 1. The first kappa shape index (κ1) is 21.0. The number of aliphatic hydroxyl groups is 1. The summed E-state index contributed by atoms with van der Waals surface area (Å²) in [7, 11) is 0. The zero-order valence-electron chi connectivity index (χ0n) is 17.5. The Morgan fingerprint density at radius 2 is 2.03 bits per heavy atom. The number of anilines is 1. The Balaban J connectivity index is 1.48. The van der Waals surface area contributed by atoms with E-state index in [1.165, 1.54) is 0 Å². The molecule has 8 nitrogen and oxygen atoms in total. The lowest BCUT2D eigenvalue weighted by molar-refractivity contribution is 0.0902. The maximum absolute atomic E-state index is 12.8. The second-order valence-corrected chi connectivity index (χ2v) is 7.66. The van der Waals surface area contributed by atoms with Gasteiger partial charge in [-0.3, -0.25) is 4.79 Å². The van der Waals surface area contributed by atoms with Gasteiger partial charge in [0.15, 0.2) is 0 Å². The predicted octanol–water partition coefficient (Wildman–Crippen LogP) is 2.63. The van der Waals surface area contributed by atoms with E-state index in [0.717, 1.165) is 37.2 Å². The molecule has 3 aromatic rings. The van der Waals surface area contributed by atoms with Crippen LogP contribution < -0.4 is 10.6 Å². The number of hydrogen-bond acceptors (Lipinski definition) is 6. The third-order valence-corrected chi connectivity index (χ3v) is 5.39. The molecule has 1 unspecified atom stereocenters. The highest BCUT2D eigenvalue weighted by Crippen LogP contribution is 2.18. The molecule has 2 aromatic heterocycles. The van der Waals surface area contributed by atoms with Gasteiger partial charge in [0.05, 0.1) is 18.2 Å². The fraction of sp³-hybridized carbons (Fsp3) is 0.348. The van der Waals surface area contributed by atoms with E-state index in [9.17, 15) is 9.90 Å². The number of ether oxygens (including phenoxy) is 1. The van der Waals surface area contributed by atoms with E-state index in [4.69, 9.17) is 4.74 Å². The van der Waals surface area contributed by atoms with Gasteiger partial charge in [-0.1, -0.05) is 30.3 Å². The summed E-state index contributed by atoms with van der Waals surface area (Å²) in [6, 6.07) is 11.0. The van der Waals surface area contributed by atoms with E-state index in [0.29, 0.717) is 23.4 Å². The smallest absolute Gasteiger partial charge is 0.253 e. The van der Waals surface area contributed by atoms with Crippen LogP contribution in [0.5, 0.6) is 0 Å². The standard InChI is InChI=1S/C23H27N5O3/c1-16-13-24-23(25-19-8-11-31-12-9-19)27-21(16)28-10-7-18(14-28)22(30)26-20(15-29)17-5-3-2-4-6-17/h2-7,10,13-14,19-20,29H,8-9,11-12,15H2,1H3,(H,26,30)(H,24,25,27). The maximum atomic E-state index is 12.8. The van der Waals surface area contributed by atoms with Crippen LogP contribution in [0.25, 0.3) is 5.82 Å². The lowest BCUT2D eigenvalue weighted by Gasteiger charge is -2.23. The van der Waals surface area contributed by atoms with E-state index >= 15 is 0 Å². The molecule has 162 valence electrons. The number of carbonyl (C=O) groups is 1. The lowest BCUT2D eigenvalue weighted by Crippen LogP contribution is -2.30. The topological polar surface area (TPSA) is 101 Å². The molecule has 0 aliphatic carbocycles. The monoisotopic (exact) mass is 421 g/mol. The number of nitrogens with zero attached hydrogens (tertiary/aromatic N) is 3. The lowest BCUT2D eigenvalue weighted by atomic mass is 10.1. The van der Waals surface area contributed by atoms with Crippen molar-refractivity contribution in [2.75, 3.05) is 25.1 Å². The Labute approximate surface area is 181 Å². The van der Waals surface area contributed by atoms with Crippen LogP contribution in [0.15, 0.2) is 55.0 Å². The van der Waals surface area contributed by atoms with Crippen molar-refractivity contribution < 1.29 is 14.6 Å². The van der Waals surface area contributed by atoms with Gasteiger partial charge in [-0.2, -0.15) is 4.98 Å². The molecular formula is C23H27N5O3. The van der Waals surface area contributed by atoms with Gasteiger partial charge < -0.3 is 25.0 Å². The molecule has 0 saturated carbocycles. The highest BCUT2D eigenvalue weighted by Gasteiger charge is 2.18. The molecule has 1 atom stereocenters. The van der Waals surface area contributed by atoms with Gasteiger partial charge in [-0.25, -0.2) is 4.98 Å². The summed E-state index contributed by atoms with van der Waals surface area (Å²) in [5, 5.41) is 16.0. The molecule has 8 heteroatoms. The van der Waals surface area contributed by atoms with E-state index in [2.05, 4.69) is 20.6 Å². The number of nitrogens with one attached hydrogen (secondary N) is 2. The number of amides is 1. The average Bonchev–Trinajstić information content (AvgIpc) is 3.30. The summed E-state index contributed by atoms with van der Waals surface area (Å²) in [6.07, 6.45) is 7.17. The summed E-state index contributed by atoms with van der Waals surface area (Å²) in [6.45, 7) is 3.24. The highest BCUT2D eigenvalue weighted by atomic mass is 16.5. The van der Waals surface area contributed by atoms with Gasteiger partial charge in [0, 0.05) is 43.4 Å². The predicted molar refractivity (Wildman–Crippen MR) is 117 cm³/mol. The molecule has 1 aliphatic rings. The fourth-order valence-corrected chi connectivity index (χ4v) is 3.61. The molecule has 4 rings (SSSR count). The van der Waals surface area contributed by atoms with Crippen LogP contribution in [-0.4, -0.2) is 51.4 Å². The van der Waals surface area contributed by atoms with Crippen molar-refractivity contribution >= 4 is 11.9 Å². The normalized spacial score (nSPS) is 15.4. The minimum absolute atomic E-state index is 0.178. The van der Waals surface area contributed by atoms with Gasteiger partial charge >= 0.3 is 0 Å². The van der Waals surface area contributed by atoms with Crippen molar-refractivity contribution in [2.45, 2.75) is 31.8 Å². The summed E-state index contributed by atoms with van der Waals surface area (Å²) in [5.74, 6) is 1.02. The highest BCUT2D eigenvalue weighted by molar-refractivity contribution is 5.94. The molecule has 1 saturated heterocycles. The zero-order chi connectivity index (χ0) is 21.6. The third kappa shape index (κ3) is 5.10. The molecule has 31 heavy (non-hydrogen) atoms. The molecule has 0 bridgehead atoms. The van der Waals surface area contributed by atoms with E-state index < -0.39 is 6.04 Å². The van der Waals surface area contributed by atoms with Crippen LogP contribution in [0, 0.1) is 6.92 Å². The quantitative estimate of drug-likeness (QED) is 0.542. The first-order valence-corrected chi connectivity index (χ1v) is 10.5. The van der Waals surface area contributed by atoms with Crippen LogP contribution >= 0.6 is 0 Å². The molecular weight excluding hydrogens is 394 g/mol. The largest absolute Gasteiger partial charge is 0.394 e. The van der Waals surface area contributed by atoms with Crippen LogP contribution in [0.4, 0.5) is 5.95 Å². The summed E-state index contributed by atoms with van der Waals surface area (Å²) >= 11 is 0. The second kappa shape index (κ2) is 9.72. The third-order valence-electron chi connectivity index (χ3n) is 5.39. The first-order chi connectivity index (χ1) is 15.1. The molecule has 0 radical (unpaired) electrons. The number of carbonyl (C=O) groups excluding carboxylic acids is 1. The molecule has 1 aliphatic heterocycles. The van der Waals surface area contributed by atoms with Gasteiger partial charge in [0.2, 0.25) is 5.95 Å². The van der Waals surface area contributed by atoms with Crippen LogP contribution in [0.2, 0.25) is 0 Å². The molecule has 3 heterocycles. The minimum Gasteiger partial charge on any atom is -0.394 e. The first-order valence-electron chi connectivity index (χ1n) is 10.5. The SMILES string of the molecule is Cc1cnc(NC2CCOCC2)nc1-n1ccc(C(=O)NC(CO)c2ccccc2)c1. The summed E-state index contributed by atoms with van der Waals surface area (Å²) in [5.41, 5.74) is 2.25. The van der Waals surface area contributed by atoms with Gasteiger partial charge in [0.25, 0.3) is 5.91 Å². The summed E-state index contributed by atoms with van der Waals surface area (Å²) < 4.78 is 7.22. The fourth-order valence-electron chi connectivity index (χ4n) is 3.61. The zero-order valence-corrected chi connectivity index (χ0v) is 17.5. The van der Waals surface area contributed by atoms with Crippen LogP contribution in [0.1, 0.15) is 40.4 Å². The number of aliphatic hydroxyl groups excluding tert-OH is 1. The Hall–Kier alpha value is -3.23. The van der Waals surface area contributed by atoms with Crippen molar-refractivity contribution in [2.24, 2.45) is 0 Å². The Morgan fingerprint density at radius 3 is 2.77 bits per heavy atom. The second-order valence-electron chi connectivity index (χ2n) is 7.66. The molecule has 1 fully saturated rings. The van der Waals surface area contributed by atoms with E-state index in [-0.39, 0.29) is 12.5 Å². The van der Waals surface area contributed by atoms with Crippen molar-refractivity contribution in [3.05, 3.63) is 71.7 Å². The Morgan fingerprint density at radius 1 is 1.26 bits per heavy atom. The van der Waals surface area contributed by atoms with Crippen molar-refractivity contribution in [1.82, 2.24) is 19.9 Å². The maximum Gasteiger partial charge on any atom is 0.253 e. The number of aromatic nitrogens is 3. The van der Waals surface area contributed by atoms with Crippen molar-refractivity contribution in [1.29, 1.82) is 0 Å². The Bertz CT molecular complexity index is 1020. The van der Waals surface area contributed by atoms with Crippen molar-refractivity contribution in [3.8, 4) is 5.82 Å². The van der Waals surface area contributed by atoms with Gasteiger partial charge in [0.1, 0.15) is 5.82 Å². The number of hydrogen-bond donors (Lipinski definition) is 3. The molecule has 0 spiro atoms. The molecule has 1 amide bonds. The van der Waals surface area contributed by atoms with E-state index in [1.807, 2.05) is 41.8 Å². The van der Waals surface area contributed by atoms with E-state index in [1.54, 1.807) is 24.7 Å². The molecule has 3 N–H and O–H groups in total. The van der Waals surface area contributed by atoms with Crippen LogP contribution in [0.3, 0.4) is 0 Å². The number of aryl methyl sites for hydroxylation is 1. The minimum atomic E-state index is -0.465. The Kier molecular flexibility index (Phi) is 6.59. The average molecular weight is 422 g/mol. The van der Waals surface area contributed by atoms with Crippen LogP contribution in [-0.2, 0) is 4.74 Å². The van der Waals surface area contributed by atoms with Gasteiger partial charge in [-0.15, -0.1) is 0 Å². The van der Waals surface area contributed by atoms with Crippen molar-refractivity contribution in [3.63, 3.8) is 0 Å². The number of rotatable bonds is 7. The summed E-state index contributed by atoms with van der Waals surface area (Å²) in [4.78, 5) is 21.8. The van der Waals surface area contributed by atoms with Gasteiger partial charge in [-0.05, 0) is 31.4 Å². The molecule has 1 aromatic carbocycles.